The van der Waals surface area contributed by atoms with Gasteiger partial charge in [0, 0.05) is 70.6 Å². The molecule has 0 aliphatic carbocycles. The Morgan fingerprint density at radius 2 is 0.619 bits per heavy atom. The van der Waals surface area contributed by atoms with E-state index in [2.05, 4.69) is 60.3 Å². The fourth-order valence-corrected chi connectivity index (χ4v) is 15.6. The van der Waals surface area contributed by atoms with Crippen LogP contribution in [0.3, 0.4) is 0 Å². The molecule has 14 heterocycles. The summed E-state index contributed by atoms with van der Waals surface area (Å²) in [6, 6.07) is 45.4. The van der Waals surface area contributed by atoms with Crippen LogP contribution in [0.4, 0.5) is 0 Å². The lowest BCUT2D eigenvalue weighted by Gasteiger charge is -2.41. The van der Waals surface area contributed by atoms with Gasteiger partial charge in [-0.05, 0) is 262 Å². The van der Waals surface area contributed by atoms with Crippen molar-refractivity contribution in [3.05, 3.63) is 282 Å². The number of hydrogen-bond donors (Lipinski definition) is 9. The van der Waals surface area contributed by atoms with Crippen LogP contribution in [0.1, 0.15) is 109 Å². The Labute approximate surface area is 887 Å². The zero-order valence-corrected chi connectivity index (χ0v) is 86.6. The van der Waals surface area contributed by atoms with E-state index >= 15 is 0 Å². The van der Waals surface area contributed by atoms with Crippen LogP contribution >= 0.6 is 81.2 Å². The molecule has 0 bridgehead atoms. The molecule has 7 aliphatic rings. The zero-order valence-electron chi connectivity index (χ0n) is 81.3. The number of amides is 1. The number of phenolic OH excluding ortho intramolecular Hbond substituents is 1. The number of carboxylic acid groups (broad SMARTS) is 1. The Hall–Kier alpha value is -11.6. The molecule has 0 spiro atoms. The molecule has 37 nitrogen and oxygen atoms in total. The second-order valence-corrected chi connectivity index (χ2v) is 36.8. The molecule has 782 valence electrons. The van der Waals surface area contributed by atoms with Crippen molar-refractivity contribution < 1.29 is 112 Å². The van der Waals surface area contributed by atoms with E-state index < -0.39 is 39.1 Å². The first-order valence-electron chi connectivity index (χ1n) is 47.1. The van der Waals surface area contributed by atoms with Gasteiger partial charge in [0.25, 0.3) is 5.91 Å². The number of aromatic carboxylic acids is 1. The van der Waals surface area contributed by atoms with Crippen LogP contribution in [0, 0.1) is 0 Å². The van der Waals surface area contributed by atoms with Crippen molar-refractivity contribution in [2.24, 2.45) is 0 Å². The van der Waals surface area contributed by atoms with E-state index in [0.29, 0.717) is 186 Å². The Morgan fingerprint density at radius 1 is 0.347 bits per heavy atom. The van der Waals surface area contributed by atoms with Gasteiger partial charge in [0.1, 0.15) is 165 Å². The number of likely N-dealkylation sites (tertiary alicyclic amines) is 1. The first kappa shape index (κ1) is 116. The Bertz CT molecular complexity index is 5870. The van der Waals surface area contributed by atoms with Crippen LogP contribution in [-0.2, 0) is 35.9 Å². The second-order valence-electron chi connectivity index (χ2n) is 34.2. The number of methoxy groups -OCH3 is 2. The highest BCUT2D eigenvalue weighted by molar-refractivity contribution is 6.46. The number of halogens is 7. The quantitative estimate of drug-likeness (QED) is 0.00986. The average Bonchev–Trinajstić information content (AvgIpc) is 0.810. The van der Waals surface area contributed by atoms with Gasteiger partial charge in [-0.1, -0.05) is 81.2 Å². The molecule has 7 atom stereocenters. The minimum atomic E-state index is -0.987. The Balaban J connectivity index is 0.000000169. The van der Waals surface area contributed by atoms with Crippen molar-refractivity contribution in [3.8, 4) is 63.2 Å². The van der Waals surface area contributed by atoms with Crippen molar-refractivity contribution in [1.82, 2.24) is 70.2 Å². The number of aliphatic hydroxyl groups is 1. The van der Waals surface area contributed by atoms with E-state index in [0.717, 1.165) is 88.4 Å². The van der Waals surface area contributed by atoms with E-state index in [1.165, 1.54) is 69.7 Å². The molecule has 7 aliphatic heterocycles. The second kappa shape index (κ2) is 59.6. The van der Waals surface area contributed by atoms with Crippen LogP contribution in [0.2, 0.25) is 56.5 Å². The minimum absolute atomic E-state index is 0. The topological polar surface area (TPSA) is 471 Å². The van der Waals surface area contributed by atoms with Crippen molar-refractivity contribution in [1.29, 1.82) is 0 Å². The molecule has 1 amide bonds. The summed E-state index contributed by atoms with van der Waals surface area (Å²) >= 11 is 41.4. The number of ether oxygens (including phenoxy) is 12. The van der Waals surface area contributed by atoms with Gasteiger partial charge < -0.3 is 128 Å². The number of phenols is 1. The summed E-state index contributed by atoms with van der Waals surface area (Å²) in [6.07, 6.45) is 18.5. The highest BCUT2D eigenvalue weighted by Gasteiger charge is 2.38. The summed E-state index contributed by atoms with van der Waals surface area (Å²) in [6.45, 7) is 16.2. The fraction of sp³-hybridized carbons (Fsp3) is 0.370. The van der Waals surface area contributed by atoms with Crippen molar-refractivity contribution in [3.63, 3.8) is 0 Å². The maximum absolute atomic E-state index is 13.0. The maximum Gasteiger partial charge on any atom is 0.376 e. The molecule has 47 heteroatoms. The first-order valence-corrected chi connectivity index (χ1v) is 49.8. The molecule has 4 aromatic carbocycles. The van der Waals surface area contributed by atoms with Gasteiger partial charge in [-0.2, -0.15) is 0 Å². The van der Waals surface area contributed by atoms with E-state index in [1.807, 2.05) is 37.5 Å². The molecule has 7 saturated heterocycles. The van der Waals surface area contributed by atoms with E-state index in [9.17, 15) is 34.3 Å². The van der Waals surface area contributed by atoms with Gasteiger partial charge in [0.2, 0.25) is 0 Å². The first-order chi connectivity index (χ1) is 70.5. The molecule has 0 radical (unpaired) electrons. The summed E-state index contributed by atoms with van der Waals surface area (Å²) in [5.41, 5.74) is 4.32. The number of esters is 2. The maximum atomic E-state index is 13.0. The number of carboxylic acids is 1. The molecule has 11 N–H and O–H groups in total. The normalized spacial score (nSPS) is 17.4. The highest BCUT2D eigenvalue weighted by Crippen LogP contribution is 2.32. The molecule has 0 unspecified atom stereocenters. The highest BCUT2D eigenvalue weighted by atomic mass is 35.5. The van der Waals surface area contributed by atoms with Crippen molar-refractivity contribution in [2.75, 3.05) is 106 Å². The van der Waals surface area contributed by atoms with Gasteiger partial charge >= 0.3 is 39.1 Å². The van der Waals surface area contributed by atoms with Crippen LogP contribution in [0.25, 0.3) is 0 Å². The predicted molar refractivity (Wildman–Crippen MR) is 558 cm³/mol. The summed E-state index contributed by atoms with van der Waals surface area (Å²) in [5, 5.41) is 68.1. The summed E-state index contributed by atoms with van der Waals surface area (Å²) in [5.74, 6) is 4.68. The smallest absolute Gasteiger partial charge is 0.376 e. The number of aliphatic hydroxyl groups excluding tert-OH is 1. The fourth-order valence-electron chi connectivity index (χ4n) is 14.6. The summed E-state index contributed by atoms with van der Waals surface area (Å²) < 4.78 is 66.1. The molecule has 11 aromatic rings. The summed E-state index contributed by atoms with van der Waals surface area (Å²) in [7, 11) is 1.26. The number of hydrogen-bond acceptors (Lipinski definition) is 34. The third-order valence-corrected chi connectivity index (χ3v) is 26.1. The number of benzene rings is 4. The molecule has 18 rings (SSSR count). The SMILES string of the molecule is CB(O)N1CC[C@H]1COc1cnc(Cl)c(CO)c1.CB(O)N1CC[C@H]1COc1cnc(Cl)c(COc2ccc(C(=O)O)cc2)c1.COC(=O)c1ccc(O)cc1.COC(=O)c1ccc(OCc2cc(OC[C@@H]3CCN3B(C)O)cnc2Cl)cc1.Clc1ccc(OC[C@@H]2CCN2)cn1.Clc1ccc(OC[C@@H]2CCN2)cn1.O.O=C(c1ccc(OCc2cc(OC[C@@H]3CCN3)cnc2Cl)cc1)N1CC[C@@H]1COc1ccc(Cl)nc1. The third-order valence-electron chi connectivity index (χ3n) is 24.1. The number of nitrogens with one attached hydrogen (secondary N) is 3. The molecular formula is C100H116B3Cl7N14O23. The standard InChI is InChI=1S/C26H26Cl2N4O4.C19H22BClN2O5.C18H20BClN2O5.C11H16BClN2O3.2C9H11ClN2O.C8H8O3.H2O/c27-24-6-5-22(12-30-24)36-16-20-8-10-32(20)26(33)17-1-3-21(4-2-17)34-14-18-11-23(13-31-25(18)28)35-15-19-7-9-29-19;1-20(25)23-8-7-15(23)12-28-17-9-14(18(21)22-10-17)11-27-16-5-3-13(4-6-16)19(24)26-2;1-19(25)22-7-6-14(22)11-27-16-8-13(17(20)21-9-16)10-26-15-4-2-12(3-5-15)18(23)24;1-12(17)15-3-2-9(15)7-18-10-4-8(6-16)11(13)14-5-10;2*10-9-2-1-8(5-12-9)13-6-7-3-4-11-7;1-11-8(10)6-2-4-7(9)5-3-6;/h1-6,11-13,19-20,29H,7-10,14-16H2;3-6,9-10,15,25H,7-8,11-12H2,1-2H3;2-5,8-9,14,25H,6-7,10-11H2,1H3,(H,23,24);4-5,9,16-17H,2-3,6-7H2,1H3;2*1-2,5,7,11H,3-4,6H2;2-5,9H,1H3;1H2/t19-,20+;15-;14-;9-;2*7-;;/m000000../s1. The zero-order chi connectivity index (χ0) is 104. The minimum Gasteiger partial charge on any atom is -0.508 e. The number of carbonyl (C=O) groups is 4. The number of aromatic nitrogens is 7. The van der Waals surface area contributed by atoms with Crippen LogP contribution in [0.5, 0.6) is 63.2 Å². The lowest BCUT2D eigenvalue weighted by atomic mass is 9.78. The van der Waals surface area contributed by atoms with Gasteiger partial charge in [-0.3, -0.25) is 4.79 Å². The Morgan fingerprint density at radius 3 is 0.891 bits per heavy atom. The van der Waals surface area contributed by atoms with Crippen LogP contribution < -0.4 is 63.3 Å². The molecule has 7 fully saturated rings. The van der Waals surface area contributed by atoms with Gasteiger partial charge in [-0.15, -0.1) is 0 Å². The van der Waals surface area contributed by atoms with Gasteiger partial charge in [-0.25, -0.2) is 49.3 Å². The molecular weight excluding hydrogens is 2050 g/mol. The molecule has 7 aromatic heterocycles. The number of carbonyl (C=O) groups excluding carboxylic acids is 3. The molecule has 0 saturated carbocycles. The number of rotatable bonds is 38. The number of aromatic hydroxyl groups is 1. The monoisotopic (exact) mass is 2160 g/mol. The lowest BCUT2D eigenvalue weighted by molar-refractivity contribution is 0.0332. The number of nitrogens with zero attached hydrogens (tertiary/aromatic N) is 11. The lowest BCUT2D eigenvalue weighted by Crippen LogP contribution is -2.57. The van der Waals surface area contributed by atoms with E-state index in [4.69, 9.17) is 144 Å². The van der Waals surface area contributed by atoms with Gasteiger partial charge in [0.15, 0.2) is 0 Å². The van der Waals surface area contributed by atoms with Crippen molar-refractivity contribution in [2.45, 2.75) is 134 Å². The predicted octanol–water partition coefficient (Wildman–Crippen LogP) is 13.7. The van der Waals surface area contributed by atoms with Crippen LogP contribution in [-0.4, -0.2) is 284 Å². The van der Waals surface area contributed by atoms with Crippen molar-refractivity contribution >= 4 is 126 Å². The average molecular weight is 2160 g/mol. The summed E-state index contributed by atoms with van der Waals surface area (Å²) in [4.78, 5) is 82.1. The number of pyridine rings is 7. The molecule has 147 heavy (non-hydrogen) atoms. The van der Waals surface area contributed by atoms with Crippen LogP contribution in [0.15, 0.2) is 201 Å². The largest absolute Gasteiger partial charge is 0.508 e. The van der Waals surface area contributed by atoms with E-state index in [1.54, 1.807) is 161 Å². The van der Waals surface area contributed by atoms with E-state index in [-0.39, 0.29) is 73.3 Å². The van der Waals surface area contributed by atoms with Gasteiger partial charge in [0.05, 0.1) is 86.9 Å². The Kier molecular flexibility index (Phi) is 46.9. The third kappa shape index (κ3) is 37.0.